The van der Waals surface area contributed by atoms with Gasteiger partial charge in [-0.05, 0) is 26.7 Å². The van der Waals surface area contributed by atoms with Crippen LogP contribution in [0.15, 0.2) is 0 Å². The predicted octanol–water partition coefficient (Wildman–Crippen LogP) is 1.26. The maximum Gasteiger partial charge on any atom is 0.0622 e. The Bertz CT molecular complexity index is 165. The van der Waals surface area contributed by atoms with E-state index in [1.165, 1.54) is 0 Å². The molecule has 84 valence electrons. The summed E-state index contributed by atoms with van der Waals surface area (Å²) in [5.74, 6) is 0. The number of rotatable bonds is 4. The van der Waals surface area contributed by atoms with E-state index < -0.39 is 5.60 Å². The van der Waals surface area contributed by atoms with E-state index in [-0.39, 0.29) is 0 Å². The van der Waals surface area contributed by atoms with Gasteiger partial charge in [-0.3, -0.25) is 4.90 Å². The highest BCUT2D eigenvalue weighted by molar-refractivity contribution is 4.76. The molecule has 3 nitrogen and oxygen atoms in total. The van der Waals surface area contributed by atoms with Gasteiger partial charge in [-0.15, -0.1) is 0 Å². The Morgan fingerprint density at radius 3 is 2.79 bits per heavy atom. The average molecular weight is 201 g/mol. The molecule has 1 rings (SSSR count). The lowest BCUT2D eigenvalue weighted by atomic mass is 10.0. The molecule has 14 heavy (non-hydrogen) atoms. The van der Waals surface area contributed by atoms with Crippen molar-refractivity contribution in [2.45, 2.75) is 45.3 Å². The molecular weight excluding hydrogens is 178 g/mol. The van der Waals surface area contributed by atoms with Crippen LogP contribution < -0.4 is 0 Å². The van der Waals surface area contributed by atoms with Crippen LogP contribution >= 0.6 is 0 Å². The minimum absolute atomic E-state index is 0.545. The number of hydrogen-bond donors (Lipinski definition) is 1. The van der Waals surface area contributed by atoms with Crippen molar-refractivity contribution in [3.05, 3.63) is 0 Å². The smallest absolute Gasteiger partial charge is 0.0622 e. The fraction of sp³-hybridized carbons (Fsp3) is 1.00. The van der Waals surface area contributed by atoms with Gasteiger partial charge < -0.3 is 9.84 Å². The van der Waals surface area contributed by atoms with E-state index in [0.29, 0.717) is 6.04 Å². The van der Waals surface area contributed by atoms with Gasteiger partial charge >= 0.3 is 0 Å². The summed E-state index contributed by atoms with van der Waals surface area (Å²) in [5.41, 5.74) is -0.545. The summed E-state index contributed by atoms with van der Waals surface area (Å²) in [6.45, 7) is 9.60. The van der Waals surface area contributed by atoms with Crippen LogP contribution in [-0.2, 0) is 4.74 Å². The molecule has 0 aliphatic carbocycles. The lowest BCUT2D eigenvalue weighted by molar-refractivity contribution is -0.0225. The monoisotopic (exact) mass is 201 g/mol. The van der Waals surface area contributed by atoms with Crippen LogP contribution in [0.3, 0.4) is 0 Å². The third kappa shape index (κ3) is 3.95. The van der Waals surface area contributed by atoms with E-state index in [4.69, 9.17) is 4.74 Å². The first-order chi connectivity index (χ1) is 6.53. The van der Waals surface area contributed by atoms with Crippen LogP contribution in [0, 0.1) is 0 Å². The van der Waals surface area contributed by atoms with E-state index in [1.807, 2.05) is 13.8 Å². The zero-order valence-electron chi connectivity index (χ0n) is 9.62. The van der Waals surface area contributed by atoms with Crippen molar-refractivity contribution >= 4 is 0 Å². The summed E-state index contributed by atoms with van der Waals surface area (Å²) in [5, 5.41) is 9.65. The maximum absolute atomic E-state index is 9.65. The molecule has 0 aromatic rings. The standard InChI is InChI=1S/C11H23NO2/c1-4-10-9-14-8-7-12(10)6-5-11(2,3)13/h10,13H,4-9H2,1-3H3. The molecule has 3 heteroatoms. The fourth-order valence-corrected chi connectivity index (χ4v) is 1.78. The van der Waals surface area contributed by atoms with Crippen LogP contribution in [0.1, 0.15) is 33.6 Å². The van der Waals surface area contributed by atoms with Crippen LogP contribution in [-0.4, -0.2) is 48.0 Å². The molecule has 1 atom stereocenters. The van der Waals surface area contributed by atoms with Crippen LogP contribution in [0.4, 0.5) is 0 Å². The summed E-state index contributed by atoms with van der Waals surface area (Å²) >= 11 is 0. The molecule has 1 unspecified atom stereocenters. The second-order valence-corrected chi connectivity index (χ2v) is 4.74. The molecule has 1 aliphatic heterocycles. The minimum Gasteiger partial charge on any atom is -0.390 e. The molecule has 1 aliphatic rings. The molecule has 0 amide bonds. The largest absolute Gasteiger partial charge is 0.390 e. The van der Waals surface area contributed by atoms with E-state index >= 15 is 0 Å². The number of morpholine rings is 1. The van der Waals surface area contributed by atoms with E-state index in [1.54, 1.807) is 0 Å². The van der Waals surface area contributed by atoms with E-state index in [9.17, 15) is 5.11 Å². The molecule has 1 fully saturated rings. The van der Waals surface area contributed by atoms with Crippen molar-refractivity contribution in [1.82, 2.24) is 4.90 Å². The van der Waals surface area contributed by atoms with Gasteiger partial charge in [0.05, 0.1) is 18.8 Å². The minimum atomic E-state index is -0.545. The highest BCUT2D eigenvalue weighted by atomic mass is 16.5. The molecule has 1 heterocycles. The van der Waals surface area contributed by atoms with Crippen molar-refractivity contribution in [3.63, 3.8) is 0 Å². The molecule has 0 aromatic carbocycles. The zero-order chi connectivity index (χ0) is 10.6. The lowest BCUT2D eigenvalue weighted by Gasteiger charge is -2.36. The highest BCUT2D eigenvalue weighted by Gasteiger charge is 2.23. The van der Waals surface area contributed by atoms with Gasteiger partial charge in [0.2, 0.25) is 0 Å². The van der Waals surface area contributed by atoms with Gasteiger partial charge in [-0.25, -0.2) is 0 Å². The summed E-state index contributed by atoms with van der Waals surface area (Å²) in [6, 6.07) is 0.547. The summed E-state index contributed by atoms with van der Waals surface area (Å²) < 4.78 is 5.43. The van der Waals surface area contributed by atoms with E-state index in [0.717, 1.165) is 39.1 Å². The molecular formula is C11H23NO2. The summed E-state index contributed by atoms with van der Waals surface area (Å²) in [7, 11) is 0. The van der Waals surface area contributed by atoms with Gasteiger partial charge in [0.25, 0.3) is 0 Å². The third-order valence-corrected chi connectivity index (χ3v) is 2.83. The van der Waals surface area contributed by atoms with Gasteiger partial charge in [-0.2, -0.15) is 0 Å². The number of nitrogens with zero attached hydrogens (tertiary/aromatic N) is 1. The predicted molar refractivity (Wildman–Crippen MR) is 57.4 cm³/mol. The van der Waals surface area contributed by atoms with Crippen molar-refractivity contribution in [2.24, 2.45) is 0 Å². The number of ether oxygens (including phenoxy) is 1. The Balaban J connectivity index is 2.33. The molecule has 0 radical (unpaired) electrons. The Morgan fingerprint density at radius 2 is 2.21 bits per heavy atom. The Hall–Kier alpha value is -0.120. The topological polar surface area (TPSA) is 32.7 Å². The van der Waals surface area contributed by atoms with Crippen molar-refractivity contribution in [2.75, 3.05) is 26.3 Å². The molecule has 0 bridgehead atoms. The average Bonchev–Trinajstić information content (AvgIpc) is 2.14. The Labute approximate surface area is 87.1 Å². The second kappa shape index (κ2) is 5.10. The quantitative estimate of drug-likeness (QED) is 0.743. The van der Waals surface area contributed by atoms with Crippen LogP contribution in [0.5, 0.6) is 0 Å². The lowest BCUT2D eigenvalue weighted by Crippen LogP contribution is -2.46. The fourth-order valence-electron chi connectivity index (χ4n) is 1.78. The molecule has 1 saturated heterocycles. The molecule has 0 aromatic heterocycles. The normalized spacial score (nSPS) is 25.3. The maximum atomic E-state index is 9.65. The highest BCUT2D eigenvalue weighted by Crippen LogP contribution is 2.14. The first-order valence-electron chi connectivity index (χ1n) is 5.57. The molecule has 0 spiro atoms. The van der Waals surface area contributed by atoms with Gasteiger partial charge in [0, 0.05) is 19.1 Å². The van der Waals surface area contributed by atoms with Crippen LogP contribution in [0.2, 0.25) is 0 Å². The van der Waals surface area contributed by atoms with Crippen molar-refractivity contribution in [3.8, 4) is 0 Å². The summed E-state index contributed by atoms with van der Waals surface area (Å²) in [6.07, 6.45) is 1.97. The van der Waals surface area contributed by atoms with Gasteiger partial charge in [0.15, 0.2) is 0 Å². The first-order valence-corrected chi connectivity index (χ1v) is 5.57. The van der Waals surface area contributed by atoms with Crippen LogP contribution in [0.25, 0.3) is 0 Å². The Kier molecular flexibility index (Phi) is 4.35. The first kappa shape index (κ1) is 12.0. The van der Waals surface area contributed by atoms with E-state index in [2.05, 4.69) is 11.8 Å². The number of aliphatic hydroxyl groups is 1. The van der Waals surface area contributed by atoms with Crippen molar-refractivity contribution < 1.29 is 9.84 Å². The third-order valence-electron chi connectivity index (χ3n) is 2.83. The van der Waals surface area contributed by atoms with Crippen molar-refractivity contribution in [1.29, 1.82) is 0 Å². The molecule has 0 saturated carbocycles. The zero-order valence-corrected chi connectivity index (χ0v) is 9.62. The SMILES string of the molecule is CCC1COCCN1CCC(C)(C)O. The number of hydrogen-bond acceptors (Lipinski definition) is 3. The summed E-state index contributed by atoms with van der Waals surface area (Å²) in [4.78, 5) is 2.43. The van der Waals surface area contributed by atoms with Gasteiger partial charge in [-0.1, -0.05) is 6.92 Å². The Morgan fingerprint density at radius 1 is 1.50 bits per heavy atom. The van der Waals surface area contributed by atoms with Gasteiger partial charge in [0.1, 0.15) is 0 Å². The second-order valence-electron chi connectivity index (χ2n) is 4.74. The molecule has 1 N–H and O–H groups in total.